The minimum absolute atomic E-state index is 0.208. The molecular formula is C21H18ClNO3. The van der Waals surface area contributed by atoms with Gasteiger partial charge < -0.3 is 10.1 Å². The van der Waals surface area contributed by atoms with Crippen molar-refractivity contribution in [2.75, 3.05) is 6.54 Å². The van der Waals surface area contributed by atoms with E-state index >= 15 is 0 Å². The normalized spacial score (nSPS) is 11.8. The lowest BCUT2D eigenvalue weighted by Crippen LogP contribution is -2.31. The number of fused-ring (bicyclic) bond motifs is 1. The summed E-state index contributed by atoms with van der Waals surface area (Å²) in [6.45, 7) is 1.53. The lowest BCUT2D eigenvalue weighted by atomic mass is 10.1. The van der Waals surface area contributed by atoms with Crippen molar-refractivity contribution in [3.8, 4) is 0 Å². The highest BCUT2D eigenvalue weighted by Gasteiger charge is 2.15. The molecule has 1 N–H and O–H groups in total. The van der Waals surface area contributed by atoms with Crippen LogP contribution in [-0.2, 0) is 9.53 Å². The molecule has 4 nitrogen and oxygen atoms in total. The number of carbonyl (C=O) groups excluding carboxylic acids is 2. The molecule has 0 aromatic heterocycles. The molecule has 132 valence electrons. The first-order chi connectivity index (χ1) is 12.5. The van der Waals surface area contributed by atoms with Crippen molar-refractivity contribution < 1.29 is 14.3 Å². The van der Waals surface area contributed by atoms with Crippen LogP contribution in [0.5, 0.6) is 0 Å². The Morgan fingerprint density at radius 3 is 2.46 bits per heavy atom. The molecule has 0 saturated heterocycles. The van der Waals surface area contributed by atoms with Gasteiger partial charge in [-0.3, -0.25) is 9.59 Å². The van der Waals surface area contributed by atoms with Crippen LogP contribution in [0.3, 0.4) is 0 Å². The number of rotatable bonds is 5. The van der Waals surface area contributed by atoms with E-state index in [4.69, 9.17) is 16.3 Å². The summed E-state index contributed by atoms with van der Waals surface area (Å²) in [6, 6.07) is 20.3. The molecule has 26 heavy (non-hydrogen) atoms. The lowest BCUT2D eigenvalue weighted by molar-refractivity contribution is -0.147. The zero-order valence-electron chi connectivity index (χ0n) is 14.2. The summed E-state index contributed by atoms with van der Waals surface area (Å²) in [5, 5.41) is 5.14. The zero-order chi connectivity index (χ0) is 18.5. The molecule has 3 rings (SSSR count). The molecule has 0 aliphatic rings. The number of ether oxygens (including phenoxy) is 1. The fourth-order valence-electron chi connectivity index (χ4n) is 2.69. The molecule has 0 saturated carbocycles. The maximum Gasteiger partial charge on any atom is 0.326 e. The third-order valence-corrected chi connectivity index (χ3v) is 4.40. The van der Waals surface area contributed by atoms with Crippen LogP contribution < -0.4 is 5.32 Å². The first-order valence-electron chi connectivity index (χ1n) is 8.25. The van der Waals surface area contributed by atoms with Crippen molar-refractivity contribution in [3.63, 3.8) is 0 Å². The van der Waals surface area contributed by atoms with Gasteiger partial charge in [0.25, 0.3) is 5.91 Å². The van der Waals surface area contributed by atoms with Gasteiger partial charge in [0.15, 0.2) is 0 Å². The fourth-order valence-corrected chi connectivity index (χ4v) is 2.98. The van der Waals surface area contributed by atoms with Gasteiger partial charge in [0.2, 0.25) is 0 Å². The molecule has 1 amide bonds. The predicted octanol–water partition coefficient (Wildman–Crippen LogP) is 4.53. The summed E-state index contributed by atoms with van der Waals surface area (Å²) in [7, 11) is 0. The van der Waals surface area contributed by atoms with Crippen molar-refractivity contribution in [1.82, 2.24) is 5.32 Å². The second kappa shape index (κ2) is 8.02. The van der Waals surface area contributed by atoms with Gasteiger partial charge in [-0.2, -0.15) is 0 Å². The summed E-state index contributed by atoms with van der Waals surface area (Å²) < 4.78 is 5.34. The third-order valence-electron chi connectivity index (χ3n) is 4.06. The van der Waals surface area contributed by atoms with E-state index in [9.17, 15) is 9.59 Å². The summed E-state index contributed by atoms with van der Waals surface area (Å²) in [5.41, 5.74) is 1.22. The molecule has 1 atom stereocenters. The quantitative estimate of drug-likeness (QED) is 0.674. The Morgan fingerprint density at radius 2 is 1.69 bits per heavy atom. The van der Waals surface area contributed by atoms with Gasteiger partial charge >= 0.3 is 5.97 Å². The molecular weight excluding hydrogens is 350 g/mol. The highest BCUT2D eigenvalue weighted by atomic mass is 35.5. The van der Waals surface area contributed by atoms with Gasteiger partial charge in [-0.1, -0.05) is 60.1 Å². The first-order valence-corrected chi connectivity index (χ1v) is 8.63. The number of hydrogen-bond donors (Lipinski definition) is 1. The van der Waals surface area contributed by atoms with E-state index in [0.29, 0.717) is 10.6 Å². The number of esters is 1. The van der Waals surface area contributed by atoms with E-state index in [1.165, 1.54) is 0 Å². The Bertz CT molecular complexity index is 955. The Morgan fingerprint density at radius 1 is 1.00 bits per heavy atom. The molecule has 0 heterocycles. The fraction of sp³-hybridized carbons (Fsp3) is 0.143. The van der Waals surface area contributed by atoms with E-state index in [1.54, 1.807) is 31.2 Å². The Labute approximate surface area is 156 Å². The second-order valence-electron chi connectivity index (χ2n) is 5.90. The highest BCUT2D eigenvalue weighted by Crippen LogP contribution is 2.24. The highest BCUT2D eigenvalue weighted by molar-refractivity contribution is 6.31. The first kappa shape index (κ1) is 18.0. The van der Waals surface area contributed by atoms with Crippen molar-refractivity contribution in [1.29, 1.82) is 0 Å². The number of nitrogens with one attached hydrogen (secondary N) is 1. The summed E-state index contributed by atoms with van der Waals surface area (Å²) >= 11 is 6.10. The van der Waals surface area contributed by atoms with Crippen LogP contribution in [0.4, 0.5) is 0 Å². The molecule has 3 aromatic carbocycles. The molecule has 5 heteroatoms. The minimum atomic E-state index is -0.522. The zero-order valence-corrected chi connectivity index (χ0v) is 15.0. The van der Waals surface area contributed by atoms with E-state index in [2.05, 4.69) is 5.32 Å². The molecule has 0 radical (unpaired) electrons. The van der Waals surface area contributed by atoms with Gasteiger partial charge in [-0.25, -0.2) is 0 Å². The number of amides is 1. The molecule has 0 aliphatic carbocycles. The van der Waals surface area contributed by atoms with Crippen LogP contribution in [0.15, 0.2) is 66.7 Å². The van der Waals surface area contributed by atoms with Gasteiger partial charge in [0.1, 0.15) is 12.6 Å². The second-order valence-corrected chi connectivity index (χ2v) is 6.31. The van der Waals surface area contributed by atoms with Crippen molar-refractivity contribution in [2.45, 2.75) is 13.0 Å². The van der Waals surface area contributed by atoms with Crippen LogP contribution in [0.25, 0.3) is 10.8 Å². The SMILES string of the molecule is C[C@H](OC(=O)CNC(=O)c1ccc2ccccc2c1)c1ccccc1Cl. The van der Waals surface area contributed by atoms with Gasteiger partial charge in [-0.05, 0) is 35.9 Å². The van der Waals surface area contributed by atoms with Gasteiger partial charge in [-0.15, -0.1) is 0 Å². The van der Waals surface area contributed by atoms with E-state index in [0.717, 1.165) is 16.3 Å². The Balaban J connectivity index is 1.58. The molecule has 0 aliphatic heterocycles. The number of hydrogen-bond acceptors (Lipinski definition) is 3. The third kappa shape index (κ3) is 4.21. The van der Waals surface area contributed by atoms with Crippen LogP contribution in [0.2, 0.25) is 5.02 Å². The standard InChI is InChI=1S/C21H18ClNO3/c1-14(18-8-4-5-9-19(18)22)26-20(24)13-23-21(25)17-11-10-15-6-2-3-7-16(15)12-17/h2-12,14H,13H2,1H3,(H,23,25)/t14-/m0/s1. The molecule has 3 aromatic rings. The summed E-state index contributed by atoms with van der Waals surface area (Å²) in [5.74, 6) is -0.843. The predicted molar refractivity (Wildman–Crippen MR) is 102 cm³/mol. The van der Waals surface area contributed by atoms with Gasteiger partial charge in [0.05, 0.1) is 0 Å². The topological polar surface area (TPSA) is 55.4 Å². The van der Waals surface area contributed by atoms with E-state index < -0.39 is 12.1 Å². The number of halogens is 1. The molecule has 0 bridgehead atoms. The number of carbonyl (C=O) groups is 2. The molecule has 0 unspecified atom stereocenters. The summed E-state index contributed by atoms with van der Waals surface area (Å²) in [6.07, 6.45) is -0.492. The average molecular weight is 368 g/mol. The van der Waals surface area contributed by atoms with Crippen LogP contribution in [0, 0.1) is 0 Å². The minimum Gasteiger partial charge on any atom is -0.456 e. The monoisotopic (exact) mass is 367 g/mol. The molecule has 0 fully saturated rings. The van der Waals surface area contributed by atoms with E-state index in [-0.39, 0.29) is 12.5 Å². The molecule has 0 spiro atoms. The Hall–Kier alpha value is -2.85. The smallest absolute Gasteiger partial charge is 0.326 e. The van der Waals surface area contributed by atoms with Crippen molar-refractivity contribution in [3.05, 3.63) is 82.9 Å². The summed E-state index contributed by atoms with van der Waals surface area (Å²) in [4.78, 5) is 24.3. The largest absolute Gasteiger partial charge is 0.456 e. The van der Waals surface area contributed by atoms with Gasteiger partial charge in [0, 0.05) is 16.1 Å². The van der Waals surface area contributed by atoms with Crippen LogP contribution >= 0.6 is 11.6 Å². The average Bonchev–Trinajstić information content (AvgIpc) is 2.66. The van der Waals surface area contributed by atoms with Crippen molar-refractivity contribution >= 4 is 34.2 Å². The number of benzene rings is 3. The van der Waals surface area contributed by atoms with E-state index in [1.807, 2.05) is 42.5 Å². The van der Waals surface area contributed by atoms with Crippen LogP contribution in [0.1, 0.15) is 28.9 Å². The van der Waals surface area contributed by atoms with Crippen LogP contribution in [-0.4, -0.2) is 18.4 Å². The maximum absolute atomic E-state index is 12.3. The maximum atomic E-state index is 12.3. The van der Waals surface area contributed by atoms with Crippen molar-refractivity contribution in [2.24, 2.45) is 0 Å². The Kier molecular flexibility index (Phi) is 5.54. The lowest BCUT2D eigenvalue weighted by Gasteiger charge is -2.15.